The molecule has 0 aliphatic heterocycles. The fourth-order valence-electron chi connectivity index (χ4n) is 11.2. The van der Waals surface area contributed by atoms with Gasteiger partial charge in [-0.25, -0.2) is 0 Å². The van der Waals surface area contributed by atoms with Gasteiger partial charge in [0.1, 0.15) is 0 Å². The predicted octanol–water partition coefficient (Wildman–Crippen LogP) is 17.3. The van der Waals surface area contributed by atoms with Crippen LogP contribution in [0.25, 0.3) is 43.4 Å². The Morgan fingerprint density at radius 3 is 1.44 bits per heavy atom. The zero-order chi connectivity index (χ0) is 46.0. The van der Waals surface area contributed by atoms with Gasteiger partial charge in [-0.3, -0.25) is 0 Å². The van der Waals surface area contributed by atoms with E-state index in [9.17, 15) is 0 Å². The Bertz CT molecular complexity index is 3630. The quantitative estimate of drug-likeness (QED) is 0.105. The molecule has 0 heterocycles. The van der Waals surface area contributed by atoms with Gasteiger partial charge in [0.05, 0.1) is 13.5 Å². The van der Waals surface area contributed by atoms with Crippen LogP contribution in [0.3, 0.4) is 0 Å². The molecule has 68 heavy (non-hydrogen) atoms. The van der Waals surface area contributed by atoms with Crippen LogP contribution in [0.1, 0.15) is 27.8 Å². The van der Waals surface area contributed by atoms with E-state index < -0.39 is 13.5 Å². The van der Waals surface area contributed by atoms with Crippen molar-refractivity contribution in [1.29, 1.82) is 0 Å². The number of anilines is 6. The normalized spacial score (nSPS) is 12.8. The molecular formula is C65H52N2Si. The van der Waals surface area contributed by atoms with Gasteiger partial charge >= 0.3 is 0 Å². The highest BCUT2D eigenvalue weighted by Gasteiger charge is 2.49. The minimum absolute atomic E-state index is 0.654. The molecule has 0 amide bonds. The van der Waals surface area contributed by atoms with Crippen LogP contribution < -0.4 is 15.0 Å². The third kappa shape index (κ3) is 6.68. The Labute approximate surface area is 401 Å². The van der Waals surface area contributed by atoms with Crippen LogP contribution in [0, 0.1) is 6.92 Å². The van der Waals surface area contributed by atoms with Crippen molar-refractivity contribution >= 4 is 79.7 Å². The van der Waals surface area contributed by atoms with Gasteiger partial charge in [0.15, 0.2) is 0 Å². The van der Waals surface area contributed by atoms with E-state index in [0.29, 0.717) is 0 Å². The zero-order valence-corrected chi connectivity index (χ0v) is 40.0. The highest BCUT2D eigenvalue weighted by molar-refractivity contribution is 6.88. The highest BCUT2D eigenvalue weighted by Crippen LogP contribution is 2.62. The molecule has 326 valence electrons. The van der Waals surface area contributed by atoms with Gasteiger partial charge in [0, 0.05) is 34.1 Å². The molecule has 12 rings (SSSR count). The van der Waals surface area contributed by atoms with Crippen molar-refractivity contribution in [3.63, 3.8) is 0 Å². The summed E-state index contributed by atoms with van der Waals surface area (Å²) >= 11 is 0. The molecule has 0 N–H and O–H groups in total. The number of para-hydroxylation sites is 2. The third-order valence-electron chi connectivity index (χ3n) is 14.2. The number of aryl methyl sites for hydroxylation is 1. The molecule has 0 bridgehead atoms. The molecule has 0 fully saturated rings. The van der Waals surface area contributed by atoms with Crippen LogP contribution >= 0.6 is 0 Å². The molecule has 0 atom stereocenters. The van der Waals surface area contributed by atoms with Crippen molar-refractivity contribution in [3.8, 4) is 11.1 Å². The van der Waals surface area contributed by atoms with Gasteiger partial charge in [0.25, 0.3) is 0 Å². The van der Waals surface area contributed by atoms with Gasteiger partial charge in [-0.15, -0.1) is 0 Å². The Hall–Kier alpha value is -7.98. The Balaban J connectivity index is 1.17. The predicted molar refractivity (Wildman–Crippen MR) is 293 cm³/mol. The minimum Gasteiger partial charge on any atom is -0.310 e. The van der Waals surface area contributed by atoms with E-state index in [1.807, 2.05) is 0 Å². The van der Waals surface area contributed by atoms with Crippen molar-refractivity contribution in [3.05, 3.63) is 270 Å². The largest absolute Gasteiger partial charge is 0.310 e. The summed E-state index contributed by atoms with van der Waals surface area (Å²) in [6.45, 7) is 9.46. The average molecular weight is 889 g/mol. The molecule has 11 aromatic carbocycles. The highest BCUT2D eigenvalue weighted by atomic mass is 28.3. The molecule has 3 heteroatoms. The lowest BCUT2D eigenvalue weighted by atomic mass is 9.65. The monoisotopic (exact) mass is 888 g/mol. The second-order valence-corrected chi connectivity index (χ2v) is 24.5. The fraction of sp³-hybridized carbons (Fsp3) is 0.0769. The fourth-order valence-corrected chi connectivity index (χ4v) is 12.4. The summed E-state index contributed by atoms with van der Waals surface area (Å²) in [7, 11) is -1.61. The summed E-state index contributed by atoms with van der Waals surface area (Å²) in [5, 5.41) is 8.91. The number of nitrogens with zero attached hydrogens (tertiary/aromatic N) is 2. The van der Waals surface area contributed by atoms with Crippen LogP contribution in [0.2, 0.25) is 19.6 Å². The smallest absolute Gasteiger partial charge is 0.0776 e. The van der Waals surface area contributed by atoms with Gasteiger partial charge in [0.2, 0.25) is 0 Å². The molecule has 0 radical (unpaired) electrons. The maximum absolute atomic E-state index is 2.46. The van der Waals surface area contributed by atoms with E-state index >= 15 is 0 Å². The van der Waals surface area contributed by atoms with Crippen LogP contribution in [0.15, 0.2) is 243 Å². The number of fused-ring (bicyclic) bond motifs is 10. The Kier molecular flexibility index (Phi) is 10.0. The maximum Gasteiger partial charge on any atom is 0.0776 e. The van der Waals surface area contributed by atoms with E-state index in [2.05, 4.69) is 279 Å². The zero-order valence-electron chi connectivity index (χ0n) is 39.0. The molecular weight excluding hydrogens is 837 g/mol. The Morgan fingerprint density at radius 1 is 0.338 bits per heavy atom. The van der Waals surface area contributed by atoms with Crippen molar-refractivity contribution in [2.75, 3.05) is 9.80 Å². The number of hydrogen-bond donors (Lipinski definition) is 0. The maximum atomic E-state index is 2.46. The lowest BCUT2D eigenvalue weighted by Gasteiger charge is -2.36. The molecule has 0 unspecified atom stereocenters. The molecule has 2 nitrogen and oxygen atoms in total. The van der Waals surface area contributed by atoms with Crippen LogP contribution in [0.4, 0.5) is 34.1 Å². The first-order chi connectivity index (χ1) is 33.3. The topological polar surface area (TPSA) is 6.48 Å². The summed E-state index contributed by atoms with van der Waals surface area (Å²) in [4.78, 5) is 4.83. The second-order valence-electron chi connectivity index (χ2n) is 19.4. The summed E-state index contributed by atoms with van der Waals surface area (Å²) in [5.41, 5.74) is 15.2. The minimum atomic E-state index is -1.61. The number of benzene rings is 11. The van der Waals surface area contributed by atoms with Crippen molar-refractivity contribution < 1.29 is 0 Å². The lowest BCUT2D eigenvalue weighted by molar-refractivity contribution is 0.783. The van der Waals surface area contributed by atoms with Crippen molar-refractivity contribution in [1.82, 2.24) is 0 Å². The van der Waals surface area contributed by atoms with E-state index in [-0.39, 0.29) is 0 Å². The van der Waals surface area contributed by atoms with Gasteiger partial charge < -0.3 is 9.80 Å². The number of hydrogen-bond acceptors (Lipinski definition) is 2. The van der Waals surface area contributed by atoms with E-state index in [4.69, 9.17) is 0 Å². The molecule has 1 aliphatic carbocycles. The van der Waals surface area contributed by atoms with E-state index in [1.165, 1.54) is 82.1 Å². The van der Waals surface area contributed by atoms with Crippen LogP contribution in [0.5, 0.6) is 0 Å². The summed E-state index contributed by atoms with van der Waals surface area (Å²) in [6.07, 6.45) is 0. The van der Waals surface area contributed by atoms with E-state index in [1.54, 1.807) is 0 Å². The lowest BCUT2D eigenvalue weighted by Crippen LogP contribution is -2.37. The van der Waals surface area contributed by atoms with Crippen LogP contribution in [-0.2, 0) is 5.41 Å². The molecule has 0 aromatic heterocycles. The Morgan fingerprint density at radius 2 is 0.838 bits per heavy atom. The second kappa shape index (κ2) is 16.4. The van der Waals surface area contributed by atoms with Gasteiger partial charge in [-0.2, -0.15) is 0 Å². The summed E-state index contributed by atoms with van der Waals surface area (Å²) in [5.74, 6) is 0. The molecule has 0 spiro atoms. The first kappa shape index (κ1) is 41.4. The first-order valence-corrected chi connectivity index (χ1v) is 27.3. The average Bonchev–Trinajstić information content (AvgIpc) is 3.70. The molecule has 11 aromatic rings. The van der Waals surface area contributed by atoms with E-state index in [0.717, 1.165) is 28.4 Å². The molecule has 0 saturated carbocycles. The standard InChI is InChI=1S/C65H52N2Si/c1-45-21-19-30-51(41-45)66(49-26-13-7-14-27-49)53-36-39-56-46(42-53)35-38-60-62-58-34-18-17-33-57(58)61-44-54(67(50-28-15-8-16-29-50)52-31-20-32-55(43-52)68(2,3)4)37-40-59(61)64(62)65(63(56)60,47-22-9-5-10-23-47)48-24-11-6-12-25-48/h5-44H,1-4H3. The SMILES string of the molecule is Cc1cccc(N(c2ccccc2)c2ccc3c4c(ccc3c2)-c2c(c3ccc(N(c5ccccc5)c5cccc([Si](C)(C)C)c5)cc3c3ccccc23)C4(c2ccccc2)c2ccccc2)c1. The summed E-state index contributed by atoms with van der Waals surface area (Å²) < 4.78 is 0. The summed E-state index contributed by atoms with van der Waals surface area (Å²) in [6, 6.07) is 90.5. The van der Waals surface area contributed by atoms with Crippen LogP contribution in [-0.4, -0.2) is 8.07 Å². The van der Waals surface area contributed by atoms with Gasteiger partial charge in [-0.1, -0.05) is 195 Å². The molecule has 1 aliphatic rings. The van der Waals surface area contributed by atoms with Gasteiger partial charge in [-0.05, 0) is 151 Å². The number of rotatable bonds is 9. The van der Waals surface area contributed by atoms with Crippen molar-refractivity contribution in [2.24, 2.45) is 0 Å². The van der Waals surface area contributed by atoms with Crippen molar-refractivity contribution in [2.45, 2.75) is 32.0 Å². The molecule has 0 saturated heterocycles. The third-order valence-corrected chi connectivity index (χ3v) is 16.3. The first-order valence-electron chi connectivity index (χ1n) is 23.8.